The molecule has 1 aliphatic heterocycles. The summed E-state index contributed by atoms with van der Waals surface area (Å²) in [6, 6.07) is -0.529. The fourth-order valence-electron chi connectivity index (χ4n) is 1.51. The van der Waals surface area contributed by atoms with Crippen LogP contribution in [0.25, 0.3) is 6.08 Å². The van der Waals surface area contributed by atoms with Crippen molar-refractivity contribution < 1.29 is 14.3 Å². The molecule has 2 rings (SSSR count). The predicted molar refractivity (Wildman–Crippen MR) is 56.2 cm³/mol. The lowest BCUT2D eigenvalue weighted by Gasteiger charge is -2.20. The largest absolute Gasteiger partial charge is 0.477 e. The average molecular weight is 224 g/mol. The summed E-state index contributed by atoms with van der Waals surface area (Å²) in [7, 11) is 0. The Morgan fingerprint density at radius 3 is 2.88 bits per heavy atom. The summed E-state index contributed by atoms with van der Waals surface area (Å²) in [4.78, 5) is 25.0. The van der Waals surface area contributed by atoms with Crippen molar-refractivity contribution in [2.24, 2.45) is 0 Å². The van der Waals surface area contributed by atoms with Crippen LogP contribution in [-0.4, -0.2) is 22.1 Å². The molecule has 16 heavy (non-hydrogen) atoms. The lowest BCUT2D eigenvalue weighted by atomic mass is 10.1. The van der Waals surface area contributed by atoms with E-state index in [4.69, 9.17) is 5.11 Å². The Kier molecular flexibility index (Phi) is 2.26. The first-order chi connectivity index (χ1) is 7.50. The van der Waals surface area contributed by atoms with Crippen molar-refractivity contribution in [3.63, 3.8) is 0 Å². The molecule has 0 amide bonds. The second-order valence-electron chi connectivity index (χ2n) is 3.52. The molecular weight excluding hydrogens is 215 g/mol. The molecule has 3 N–H and O–H groups in total. The van der Waals surface area contributed by atoms with Crippen LogP contribution in [0.3, 0.4) is 0 Å². The summed E-state index contributed by atoms with van der Waals surface area (Å²) in [5, 5.41) is 11.5. The minimum absolute atomic E-state index is 0.00972. The van der Waals surface area contributed by atoms with E-state index in [0.29, 0.717) is 5.82 Å². The highest BCUT2D eigenvalue weighted by Gasteiger charge is 2.22. The molecule has 0 radical (unpaired) electrons. The van der Waals surface area contributed by atoms with Crippen molar-refractivity contribution in [2.75, 3.05) is 5.32 Å². The van der Waals surface area contributed by atoms with Crippen LogP contribution in [0.1, 0.15) is 22.8 Å². The molecule has 0 saturated carbocycles. The number of carboxylic acids is 1. The smallest absolute Gasteiger partial charge is 0.341 e. The van der Waals surface area contributed by atoms with Crippen molar-refractivity contribution in [1.82, 2.24) is 4.98 Å². The Balaban J connectivity index is 2.66. The summed E-state index contributed by atoms with van der Waals surface area (Å²) in [5.41, 5.74) is -1.09. The highest BCUT2D eigenvalue weighted by molar-refractivity contribution is 5.89. The Morgan fingerprint density at radius 1 is 1.56 bits per heavy atom. The molecule has 0 fully saturated rings. The number of hydrogen-bond acceptors (Lipinski definition) is 3. The number of nitrogens with one attached hydrogen (secondary N) is 2. The monoisotopic (exact) mass is 224 g/mol. The maximum atomic E-state index is 13.3. The quantitative estimate of drug-likeness (QED) is 0.669. The van der Waals surface area contributed by atoms with E-state index in [9.17, 15) is 14.0 Å². The van der Waals surface area contributed by atoms with Crippen molar-refractivity contribution in [3.05, 3.63) is 33.4 Å². The number of carboxylic acid groups (broad SMARTS) is 1. The van der Waals surface area contributed by atoms with E-state index >= 15 is 0 Å². The van der Waals surface area contributed by atoms with Crippen LogP contribution in [0.4, 0.5) is 10.2 Å². The molecule has 1 aromatic rings. The Hall–Kier alpha value is -2.11. The van der Waals surface area contributed by atoms with Crippen LogP contribution in [0, 0.1) is 0 Å². The van der Waals surface area contributed by atoms with Gasteiger partial charge in [-0.1, -0.05) is 0 Å². The van der Waals surface area contributed by atoms with Crippen molar-refractivity contribution >= 4 is 17.9 Å². The third kappa shape index (κ3) is 1.48. The fraction of sp³-hybridized carbons (Fsp3) is 0.200. The first-order valence-corrected chi connectivity index (χ1v) is 4.63. The number of aromatic nitrogens is 1. The van der Waals surface area contributed by atoms with Crippen molar-refractivity contribution in [1.29, 1.82) is 0 Å². The normalized spacial score (nSPS) is 18.4. The van der Waals surface area contributed by atoms with E-state index in [0.717, 1.165) is 12.3 Å². The summed E-state index contributed by atoms with van der Waals surface area (Å²) >= 11 is 0. The Bertz CT molecular complexity index is 547. The number of pyridine rings is 1. The molecule has 1 unspecified atom stereocenters. The molecule has 84 valence electrons. The molecule has 2 heterocycles. The first-order valence-electron chi connectivity index (χ1n) is 4.63. The second kappa shape index (κ2) is 3.48. The molecular formula is C10H9FN2O3. The van der Waals surface area contributed by atoms with Gasteiger partial charge in [-0.25, -0.2) is 9.18 Å². The molecule has 0 aliphatic carbocycles. The van der Waals surface area contributed by atoms with Gasteiger partial charge in [-0.3, -0.25) is 4.79 Å². The molecule has 0 bridgehead atoms. The summed E-state index contributed by atoms with van der Waals surface area (Å²) in [6.07, 6.45) is 2.15. The molecule has 0 aromatic carbocycles. The zero-order chi connectivity index (χ0) is 11.9. The zero-order valence-electron chi connectivity index (χ0n) is 8.37. The summed E-state index contributed by atoms with van der Waals surface area (Å²) < 4.78 is 13.3. The molecule has 1 atom stereocenters. The lowest BCUT2D eigenvalue weighted by Crippen LogP contribution is -2.27. The van der Waals surface area contributed by atoms with Gasteiger partial charge < -0.3 is 15.4 Å². The van der Waals surface area contributed by atoms with E-state index in [1.54, 1.807) is 6.92 Å². The van der Waals surface area contributed by atoms with Gasteiger partial charge in [0.2, 0.25) is 5.43 Å². The zero-order valence-corrected chi connectivity index (χ0v) is 8.37. The van der Waals surface area contributed by atoms with Crippen LogP contribution in [-0.2, 0) is 0 Å². The van der Waals surface area contributed by atoms with E-state index in [-0.39, 0.29) is 5.56 Å². The Labute approximate surface area is 89.6 Å². The van der Waals surface area contributed by atoms with Gasteiger partial charge in [0.15, 0.2) is 0 Å². The van der Waals surface area contributed by atoms with Gasteiger partial charge in [-0.05, 0) is 13.0 Å². The third-order valence-electron chi connectivity index (χ3n) is 2.41. The highest BCUT2D eigenvalue weighted by Crippen LogP contribution is 2.23. The summed E-state index contributed by atoms with van der Waals surface area (Å²) in [5.74, 6) is -1.50. The maximum absolute atomic E-state index is 13.3. The number of hydrogen-bond donors (Lipinski definition) is 3. The first kappa shape index (κ1) is 10.4. The topological polar surface area (TPSA) is 82.2 Å². The number of rotatable bonds is 1. The lowest BCUT2D eigenvalue weighted by molar-refractivity contribution is 0.0695. The SMILES string of the molecule is CC1Nc2[nH]cc(C(=O)O)c(=O)c2C=C1F. The number of fused-ring (bicyclic) bond motifs is 1. The van der Waals surface area contributed by atoms with Crippen LogP contribution >= 0.6 is 0 Å². The van der Waals surface area contributed by atoms with Gasteiger partial charge in [-0.15, -0.1) is 0 Å². The molecule has 6 heteroatoms. The van der Waals surface area contributed by atoms with Gasteiger partial charge in [-0.2, -0.15) is 0 Å². The van der Waals surface area contributed by atoms with E-state index < -0.39 is 28.8 Å². The van der Waals surface area contributed by atoms with Crippen LogP contribution in [0.15, 0.2) is 16.8 Å². The number of aromatic amines is 1. The standard InChI is InChI=1S/C10H9FN2O3/c1-4-7(11)2-5-8(14)6(10(15)16)3-12-9(5)13-4/h2-4H,1H3,(H,15,16)(H2,12,13,14). The molecule has 5 nitrogen and oxygen atoms in total. The molecule has 1 aromatic heterocycles. The summed E-state index contributed by atoms with van der Waals surface area (Å²) in [6.45, 7) is 1.60. The van der Waals surface area contributed by atoms with Crippen molar-refractivity contribution in [3.8, 4) is 0 Å². The number of aromatic carboxylic acids is 1. The van der Waals surface area contributed by atoms with Crippen LogP contribution in [0.5, 0.6) is 0 Å². The highest BCUT2D eigenvalue weighted by atomic mass is 19.1. The molecule has 1 aliphatic rings. The fourth-order valence-corrected chi connectivity index (χ4v) is 1.51. The molecule has 0 saturated heterocycles. The van der Waals surface area contributed by atoms with Gasteiger partial charge in [0, 0.05) is 6.20 Å². The molecule has 0 spiro atoms. The number of carbonyl (C=O) groups is 1. The van der Waals surface area contributed by atoms with Crippen LogP contribution in [0.2, 0.25) is 0 Å². The number of halogens is 1. The van der Waals surface area contributed by atoms with Gasteiger partial charge >= 0.3 is 5.97 Å². The van der Waals surface area contributed by atoms with Gasteiger partial charge in [0.1, 0.15) is 17.2 Å². The predicted octanol–water partition coefficient (Wildman–Crippen LogP) is 1.20. The second-order valence-corrected chi connectivity index (χ2v) is 3.52. The number of anilines is 1. The Morgan fingerprint density at radius 2 is 2.25 bits per heavy atom. The van der Waals surface area contributed by atoms with Crippen molar-refractivity contribution in [2.45, 2.75) is 13.0 Å². The van der Waals surface area contributed by atoms with Crippen LogP contribution < -0.4 is 10.7 Å². The van der Waals surface area contributed by atoms with E-state index in [1.807, 2.05) is 0 Å². The minimum atomic E-state index is -1.34. The maximum Gasteiger partial charge on any atom is 0.341 e. The van der Waals surface area contributed by atoms with E-state index in [1.165, 1.54) is 0 Å². The van der Waals surface area contributed by atoms with Gasteiger partial charge in [0.25, 0.3) is 0 Å². The number of H-pyrrole nitrogens is 1. The van der Waals surface area contributed by atoms with E-state index in [2.05, 4.69) is 10.3 Å². The third-order valence-corrected chi connectivity index (χ3v) is 2.41. The average Bonchev–Trinajstić information content (AvgIpc) is 2.21. The minimum Gasteiger partial charge on any atom is -0.477 e. The van der Waals surface area contributed by atoms with Gasteiger partial charge in [0.05, 0.1) is 11.6 Å².